The van der Waals surface area contributed by atoms with Crippen molar-refractivity contribution in [2.75, 3.05) is 0 Å². The van der Waals surface area contributed by atoms with Crippen LogP contribution in [0.3, 0.4) is 0 Å². The molecule has 0 amide bonds. The first-order valence-corrected chi connectivity index (χ1v) is 12.3. The van der Waals surface area contributed by atoms with E-state index in [-0.39, 0.29) is 5.92 Å². The van der Waals surface area contributed by atoms with Gasteiger partial charge in [0.15, 0.2) is 0 Å². The molecule has 3 nitrogen and oxygen atoms in total. The fraction of sp³-hybridized carbons (Fsp3) is 0.290. The van der Waals surface area contributed by atoms with E-state index in [9.17, 15) is 0 Å². The average Bonchev–Trinajstić information content (AvgIpc) is 3.39. The predicted octanol–water partition coefficient (Wildman–Crippen LogP) is 5.56. The number of hydrogen-bond acceptors (Lipinski definition) is 3. The lowest BCUT2D eigenvalue weighted by Gasteiger charge is -2.40. The second kappa shape index (κ2) is 10.5. The maximum absolute atomic E-state index is 6.10. The molecule has 0 saturated heterocycles. The summed E-state index contributed by atoms with van der Waals surface area (Å²) >= 11 is 0. The fourth-order valence-electron chi connectivity index (χ4n) is 5.27. The van der Waals surface area contributed by atoms with Crippen molar-refractivity contribution in [1.82, 2.24) is 0 Å². The summed E-state index contributed by atoms with van der Waals surface area (Å²) in [6.07, 6.45) is 8.28. The van der Waals surface area contributed by atoms with E-state index in [4.69, 9.17) is 17.2 Å². The summed E-state index contributed by atoms with van der Waals surface area (Å²) in [7, 11) is 0. The van der Waals surface area contributed by atoms with Crippen molar-refractivity contribution in [3.05, 3.63) is 130 Å². The molecular formula is C31H37N3. The Labute approximate surface area is 204 Å². The predicted molar refractivity (Wildman–Crippen MR) is 143 cm³/mol. The molecule has 0 aromatic heterocycles. The molecule has 0 heterocycles. The lowest BCUT2D eigenvalue weighted by Crippen LogP contribution is -2.36. The van der Waals surface area contributed by atoms with Crippen LogP contribution in [0.4, 0.5) is 0 Å². The largest absolute Gasteiger partial charge is 0.326 e. The van der Waals surface area contributed by atoms with Crippen LogP contribution in [0.15, 0.2) is 96.6 Å². The lowest BCUT2D eigenvalue weighted by molar-refractivity contribution is 0.523. The van der Waals surface area contributed by atoms with Crippen molar-refractivity contribution in [2.24, 2.45) is 29.0 Å². The molecule has 0 radical (unpaired) electrons. The van der Waals surface area contributed by atoms with E-state index >= 15 is 0 Å². The first-order valence-electron chi connectivity index (χ1n) is 12.3. The molecular weight excluding hydrogens is 414 g/mol. The normalized spacial score (nSPS) is 16.5. The monoisotopic (exact) mass is 451 g/mol. The highest BCUT2D eigenvalue weighted by Gasteiger charge is 2.43. The maximum Gasteiger partial charge on any atom is 0.0548 e. The molecule has 1 aliphatic carbocycles. The number of hydrogen-bond donors (Lipinski definition) is 3. The van der Waals surface area contributed by atoms with Crippen LogP contribution in [0.5, 0.6) is 0 Å². The van der Waals surface area contributed by atoms with Crippen LogP contribution in [-0.4, -0.2) is 0 Å². The molecule has 176 valence electrons. The minimum Gasteiger partial charge on any atom is -0.326 e. The van der Waals surface area contributed by atoms with Gasteiger partial charge >= 0.3 is 0 Å². The van der Waals surface area contributed by atoms with Gasteiger partial charge in [0.25, 0.3) is 0 Å². The summed E-state index contributed by atoms with van der Waals surface area (Å²) in [5, 5.41) is 0. The van der Waals surface area contributed by atoms with Crippen LogP contribution in [0.25, 0.3) is 0 Å². The fourth-order valence-corrected chi connectivity index (χ4v) is 5.27. The Morgan fingerprint density at radius 1 is 0.735 bits per heavy atom. The molecule has 2 unspecified atom stereocenters. The summed E-state index contributed by atoms with van der Waals surface area (Å²) in [5.41, 5.74) is 26.3. The summed E-state index contributed by atoms with van der Waals surface area (Å²) in [6, 6.07) is 26.2. The summed E-state index contributed by atoms with van der Waals surface area (Å²) < 4.78 is 0. The Kier molecular flexibility index (Phi) is 7.47. The molecule has 0 saturated carbocycles. The molecule has 4 rings (SSSR count). The van der Waals surface area contributed by atoms with Crippen molar-refractivity contribution in [3.63, 3.8) is 0 Å². The zero-order chi connectivity index (χ0) is 24.1. The van der Waals surface area contributed by atoms with E-state index in [1.165, 1.54) is 22.3 Å². The van der Waals surface area contributed by atoms with Crippen molar-refractivity contribution in [3.8, 4) is 0 Å². The van der Waals surface area contributed by atoms with Crippen molar-refractivity contribution in [2.45, 2.75) is 45.3 Å². The molecule has 3 aromatic rings. The van der Waals surface area contributed by atoms with E-state index < -0.39 is 5.41 Å². The topological polar surface area (TPSA) is 78.1 Å². The Bertz CT molecular complexity index is 1070. The molecule has 0 bridgehead atoms. The van der Waals surface area contributed by atoms with Gasteiger partial charge in [0, 0.05) is 25.6 Å². The Morgan fingerprint density at radius 3 is 1.56 bits per heavy atom. The van der Waals surface area contributed by atoms with Gasteiger partial charge in [0.1, 0.15) is 0 Å². The van der Waals surface area contributed by atoms with Gasteiger partial charge in [-0.15, -0.1) is 0 Å². The van der Waals surface area contributed by atoms with Crippen LogP contribution in [0, 0.1) is 11.8 Å². The van der Waals surface area contributed by atoms with Crippen molar-refractivity contribution >= 4 is 0 Å². The van der Waals surface area contributed by atoms with Gasteiger partial charge in [-0.1, -0.05) is 105 Å². The minimum absolute atomic E-state index is 0.144. The Hall–Kier alpha value is -2.98. The zero-order valence-corrected chi connectivity index (χ0v) is 20.4. The van der Waals surface area contributed by atoms with Crippen molar-refractivity contribution < 1.29 is 0 Å². The number of nitrogens with two attached hydrogens (primary N) is 3. The summed E-state index contributed by atoms with van der Waals surface area (Å²) in [5.74, 6) is 0.658. The zero-order valence-electron chi connectivity index (χ0n) is 20.4. The van der Waals surface area contributed by atoms with Gasteiger partial charge in [-0.05, 0) is 51.3 Å². The maximum atomic E-state index is 6.10. The first kappa shape index (κ1) is 24.2. The second-order valence-electron chi connectivity index (χ2n) is 9.38. The Morgan fingerprint density at radius 2 is 1.18 bits per heavy atom. The molecule has 34 heavy (non-hydrogen) atoms. The highest BCUT2D eigenvalue weighted by molar-refractivity contribution is 5.57. The van der Waals surface area contributed by atoms with E-state index in [1.54, 1.807) is 0 Å². The molecule has 0 spiro atoms. The number of benzene rings is 3. The highest BCUT2D eigenvalue weighted by Crippen LogP contribution is 2.49. The van der Waals surface area contributed by atoms with Crippen molar-refractivity contribution in [1.29, 1.82) is 0 Å². The molecule has 2 atom stereocenters. The second-order valence-corrected chi connectivity index (χ2v) is 9.38. The van der Waals surface area contributed by atoms with Crippen LogP contribution < -0.4 is 17.2 Å². The van der Waals surface area contributed by atoms with E-state index in [2.05, 4.69) is 105 Å². The number of rotatable bonds is 9. The standard InChI is InChI=1S/C31H37N3/c1-3-22(2)26-13-14-30(18-26)31(27-10-4-7-23(15-27)19-32,28-11-5-8-24(16-28)20-33)29-12-6-9-25(17-29)21-34/h4-18,22,30H,3,19-21,32-34H2,1-2H3. The SMILES string of the molecule is CCC(C)C1=CC(C(c2cccc(CN)c2)(c2cccc(CN)c2)c2cccc(CN)c2)C=C1. The molecule has 1 aliphatic rings. The molecule has 3 heteroatoms. The molecule has 0 fully saturated rings. The average molecular weight is 452 g/mol. The Balaban J connectivity index is 2.08. The van der Waals surface area contributed by atoms with Crippen LogP contribution in [0.2, 0.25) is 0 Å². The van der Waals surface area contributed by atoms with Gasteiger partial charge in [0.2, 0.25) is 0 Å². The third-order valence-corrected chi connectivity index (χ3v) is 7.40. The lowest BCUT2D eigenvalue weighted by atomic mass is 9.61. The third-order valence-electron chi connectivity index (χ3n) is 7.40. The minimum atomic E-state index is -0.437. The van der Waals surface area contributed by atoms with E-state index in [1.807, 2.05) is 0 Å². The summed E-state index contributed by atoms with van der Waals surface area (Å²) in [4.78, 5) is 0. The molecule has 6 N–H and O–H groups in total. The van der Waals surface area contributed by atoms with Crippen LogP contribution >= 0.6 is 0 Å². The third kappa shape index (κ3) is 4.39. The molecule has 3 aromatic carbocycles. The van der Waals surface area contributed by atoms with Crippen LogP contribution in [0.1, 0.15) is 53.6 Å². The smallest absolute Gasteiger partial charge is 0.0548 e. The first-order chi connectivity index (χ1) is 16.6. The molecule has 0 aliphatic heterocycles. The van der Waals surface area contributed by atoms with E-state index in [0.29, 0.717) is 25.6 Å². The summed E-state index contributed by atoms with van der Waals surface area (Å²) in [6.45, 7) is 6.07. The van der Waals surface area contributed by atoms with Gasteiger partial charge in [0.05, 0.1) is 5.41 Å². The number of allylic oxidation sites excluding steroid dienone is 4. The van der Waals surface area contributed by atoms with Gasteiger partial charge in [-0.25, -0.2) is 0 Å². The van der Waals surface area contributed by atoms with E-state index in [0.717, 1.165) is 23.1 Å². The van der Waals surface area contributed by atoms with Gasteiger partial charge in [-0.3, -0.25) is 0 Å². The quantitative estimate of drug-likeness (QED) is 0.373. The van der Waals surface area contributed by atoms with Gasteiger partial charge < -0.3 is 17.2 Å². The highest BCUT2D eigenvalue weighted by atomic mass is 14.5. The van der Waals surface area contributed by atoms with Crippen LogP contribution in [-0.2, 0) is 25.0 Å². The van der Waals surface area contributed by atoms with Gasteiger partial charge in [-0.2, -0.15) is 0 Å².